The molecule has 2 aromatic heterocycles. The van der Waals surface area contributed by atoms with Gasteiger partial charge in [-0.25, -0.2) is 0 Å². The Morgan fingerprint density at radius 1 is 1.53 bits per heavy atom. The highest BCUT2D eigenvalue weighted by Crippen LogP contribution is 2.30. The molecule has 1 fully saturated rings. The summed E-state index contributed by atoms with van der Waals surface area (Å²) in [5.74, 6) is 0. The Kier molecular flexibility index (Phi) is 3.35. The summed E-state index contributed by atoms with van der Waals surface area (Å²) >= 11 is 0. The molecule has 1 N–H and O–H groups in total. The predicted octanol–water partition coefficient (Wildman–Crippen LogP) is 1.34. The van der Waals surface area contributed by atoms with E-state index in [1.54, 1.807) is 6.26 Å². The van der Waals surface area contributed by atoms with Crippen LogP contribution in [0.5, 0.6) is 0 Å². The normalized spacial score (nSPS) is 23.1. The molecule has 0 aliphatic carbocycles. The zero-order valence-corrected chi connectivity index (χ0v) is 11.2. The molecule has 0 unspecified atom stereocenters. The fourth-order valence-corrected chi connectivity index (χ4v) is 2.57. The van der Waals surface area contributed by atoms with Gasteiger partial charge in [0.25, 0.3) is 0 Å². The van der Waals surface area contributed by atoms with E-state index in [0.29, 0.717) is 12.6 Å². The van der Waals surface area contributed by atoms with E-state index in [2.05, 4.69) is 15.6 Å². The number of hydrogen-bond donors (Lipinski definition) is 1. The van der Waals surface area contributed by atoms with Crippen molar-refractivity contribution in [2.45, 2.75) is 32.0 Å². The summed E-state index contributed by atoms with van der Waals surface area (Å²) in [5, 5.41) is 11.8. The molecule has 19 heavy (non-hydrogen) atoms. The van der Waals surface area contributed by atoms with E-state index in [-0.39, 0.29) is 6.10 Å². The first-order valence-corrected chi connectivity index (χ1v) is 6.48. The van der Waals surface area contributed by atoms with Crippen molar-refractivity contribution in [3.05, 3.63) is 35.5 Å². The zero-order chi connectivity index (χ0) is 13.2. The summed E-state index contributed by atoms with van der Waals surface area (Å²) in [5.41, 5.74) is 3.11. The monoisotopic (exact) mass is 262 g/mol. The van der Waals surface area contributed by atoms with Crippen LogP contribution in [0.3, 0.4) is 0 Å². The van der Waals surface area contributed by atoms with E-state index in [1.807, 2.05) is 30.9 Å². The van der Waals surface area contributed by atoms with Gasteiger partial charge in [-0.1, -0.05) is 5.16 Å². The standard InChI is InChI=1S/C13H18N4O2/c1-9-11(8-17(2)15-9)13-12(4-5-18-13)14-7-10-3-6-19-16-10/h3,6,8,12-14H,4-5,7H2,1-2H3/t12-,13+/m0/s1. The lowest BCUT2D eigenvalue weighted by Crippen LogP contribution is -2.31. The summed E-state index contributed by atoms with van der Waals surface area (Å²) in [4.78, 5) is 0. The van der Waals surface area contributed by atoms with Gasteiger partial charge >= 0.3 is 0 Å². The van der Waals surface area contributed by atoms with Crippen molar-refractivity contribution in [1.82, 2.24) is 20.3 Å². The SMILES string of the molecule is Cc1nn(C)cc1[C@H]1OCC[C@@H]1NCc1ccon1. The number of nitrogens with one attached hydrogen (secondary N) is 1. The fraction of sp³-hybridized carbons (Fsp3) is 0.538. The van der Waals surface area contributed by atoms with Gasteiger partial charge in [0.2, 0.25) is 0 Å². The van der Waals surface area contributed by atoms with Crippen molar-refractivity contribution < 1.29 is 9.26 Å². The second-order valence-electron chi connectivity index (χ2n) is 4.90. The summed E-state index contributed by atoms with van der Waals surface area (Å²) in [6, 6.07) is 2.16. The number of aryl methyl sites for hydroxylation is 2. The molecule has 0 bridgehead atoms. The third-order valence-electron chi connectivity index (χ3n) is 3.49. The first-order valence-electron chi connectivity index (χ1n) is 6.48. The van der Waals surface area contributed by atoms with E-state index < -0.39 is 0 Å². The molecule has 0 spiro atoms. The van der Waals surface area contributed by atoms with Crippen LogP contribution in [0.25, 0.3) is 0 Å². The van der Waals surface area contributed by atoms with Crippen LogP contribution in [0.1, 0.15) is 29.5 Å². The molecule has 3 heterocycles. The number of nitrogens with zero attached hydrogens (tertiary/aromatic N) is 3. The number of hydrogen-bond acceptors (Lipinski definition) is 5. The number of aromatic nitrogens is 3. The largest absolute Gasteiger partial charge is 0.372 e. The second-order valence-corrected chi connectivity index (χ2v) is 4.90. The van der Waals surface area contributed by atoms with E-state index in [4.69, 9.17) is 9.26 Å². The molecule has 6 heteroatoms. The lowest BCUT2D eigenvalue weighted by atomic mass is 10.0. The van der Waals surface area contributed by atoms with Crippen LogP contribution < -0.4 is 5.32 Å². The molecule has 1 aliphatic heterocycles. The lowest BCUT2D eigenvalue weighted by molar-refractivity contribution is 0.0978. The average Bonchev–Trinajstić information content (AvgIpc) is 3.07. The molecule has 0 aromatic carbocycles. The predicted molar refractivity (Wildman–Crippen MR) is 68.4 cm³/mol. The van der Waals surface area contributed by atoms with E-state index in [1.165, 1.54) is 0 Å². The quantitative estimate of drug-likeness (QED) is 0.900. The molecule has 0 radical (unpaired) electrons. The highest BCUT2D eigenvalue weighted by atomic mass is 16.5. The topological polar surface area (TPSA) is 65.1 Å². The first-order chi connectivity index (χ1) is 9.24. The number of ether oxygens (including phenoxy) is 1. The molecule has 0 saturated carbocycles. The number of rotatable bonds is 4. The van der Waals surface area contributed by atoms with Crippen LogP contribution in [0.15, 0.2) is 23.0 Å². The van der Waals surface area contributed by atoms with E-state index in [0.717, 1.165) is 30.0 Å². The maximum atomic E-state index is 5.86. The molecular weight excluding hydrogens is 244 g/mol. The van der Waals surface area contributed by atoms with Crippen molar-refractivity contribution in [2.24, 2.45) is 7.05 Å². The molecule has 2 atom stereocenters. The molecule has 1 saturated heterocycles. The average molecular weight is 262 g/mol. The third kappa shape index (κ3) is 2.54. The summed E-state index contributed by atoms with van der Waals surface area (Å²) in [7, 11) is 1.93. The molecule has 2 aromatic rings. The van der Waals surface area contributed by atoms with Crippen LogP contribution in [0.4, 0.5) is 0 Å². The summed E-state index contributed by atoms with van der Waals surface area (Å²) < 4.78 is 12.5. The second kappa shape index (κ2) is 5.14. The van der Waals surface area contributed by atoms with Gasteiger partial charge in [0.05, 0.1) is 11.4 Å². The van der Waals surface area contributed by atoms with Gasteiger partial charge in [-0.3, -0.25) is 4.68 Å². The van der Waals surface area contributed by atoms with Gasteiger partial charge in [0, 0.05) is 44.1 Å². The Labute approximate surface area is 111 Å². The maximum absolute atomic E-state index is 5.86. The highest BCUT2D eigenvalue weighted by Gasteiger charge is 2.31. The van der Waals surface area contributed by atoms with Crippen molar-refractivity contribution in [2.75, 3.05) is 6.61 Å². The maximum Gasteiger partial charge on any atom is 0.124 e. The minimum atomic E-state index is 0.0700. The van der Waals surface area contributed by atoms with Crippen LogP contribution >= 0.6 is 0 Å². The lowest BCUT2D eigenvalue weighted by Gasteiger charge is -2.18. The first kappa shape index (κ1) is 12.4. The Morgan fingerprint density at radius 3 is 3.11 bits per heavy atom. The van der Waals surface area contributed by atoms with Gasteiger partial charge in [0.15, 0.2) is 0 Å². The van der Waals surface area contributed by atoms with E-state index in [9.17, 15) is 0 Å². The fourth-order valence-electron chi connectivity index (χ4n) is 2.57. The van der Waals surface area contributed by atoms with Crippen LogP contribution in [-0.2, 0) is 18.3 Å². The molecule has 102 valence electrons. The molecule has 1 aliphatic rings. The Bertz CT molecular complexity index is 535. The van der Waals surface area contributed by atoms with Gasteiger partial charge in [0.1, 0.15) is 12.4 Å². The van der Waals surface area contributed by atoms with Crippen molar-refractivity contribution >= 4 is 0 Å². The summed E-state index contributed by atoms with van der Waals surface area (Å²) in [6.45, 7) is 3.49. The minimum Gasteiger partial charge on any atom is -0.372 e. The Hall–Kier alpha value is -1.66. The Balaban J connectivity index is 1.69. The van der Waals surface area contributed by atoms with Gasteiger partial charge < -0.3 is 14.6 Å². The summed E-state index contributed by atoms with van der Waals surface area (Å²) in [6.07, 6.45) is 4.69. The van der Waals surface area contributed by atoms with Crippen LogP contribution in [-0.4, -0.2) is 27.6 Å². The smallest absolute Gasteiger partial charge is 0.124 e. The molecular formula is C13H18N4O2. The van der Waals surface area contributed by atoms with Crippen molar-refractivity contribution in [3.8, 4) is 0 Å². The molecule has 0 amide bonds. The van der Waals surface area contributed by atoms with Gasteiger partial charge in [-0.15, -0.1) is 0 Å². The minimum absolute atomic E-state index is 0.0700. The van der Waals surface area contributed by atoms with Crippen molar-refractivity contribution in [1.29, 1.82) is 0 Å². The third-order valence-corrected chi connectivity index (χ3v) is 3.49. The van der Waals surface area contributed by atoms with Gasteiger partial charge in [-0.2, -0.15) is 5.10 Å². The Morgan fingerprint density at radius 2 is 2.42 bits per heavy atom. The van der Waals surface area contributed by atoms with Crippen LogP contribution in [0, 0.1) is 6.92 Å². The molecule has 6 nitrogen and oxygen atoms in total. The van der Waals surface area contributed by atoms with Crippen LogP contribution in [0.2, 0.25) is 0 Å². The highest BCUT2D eigenvalue weighted by molar-refractivity contribution is 5.21. The zero-order valence-electron chi connectivity index (χ0n) is 11.2. The molecule has 3 rings (SSSR count). The van der Waals surface area contributed by atoms with Crippen molar-refractivity contribution in [3.63, 3.8) is 0 Å². The van der Waals surface area contributed by atoms with E-state index >= 15 is 0 Å². The van der Waals surface area contributed by atoms with Gasteiger partial charge in [-0.05, 0) is 13.3 Å².